The summed E-state index contributed by atoms with van der Waals surface area (Å²) in [6, 6.07) is 4.15. The molecular weight excluding hydrogens is 300 g/mol. The molecule has 0 aliphatic heterocycles. The molecular formula is C13H11F6NO. The average molecular weight is 311 g/mol. The Balaban J connectivity index is 2.19. The smallest absolute Gasteiger partial charge is 0.346 e. The van der Waals surface area contributed by atoms with Crippen molar-refractivity contribution in [2.75, 3.05) is 6.54 Å². The third-order valence-corrected chi connectivity index (χ3v) is 3.38. The lowest BCUT2D eigenvalue weighted by atomic mass is 9.93. The van der Waals surface area contributed by atoms with Gasteiger partial charge >= 0.3 is 12.4 Å². The van der Waals surface area contributed by atoms with E-state index in [0.29, 0.717) is 0 Å². The zero-order valence-corrected chi connectivity index (χ0v) is 10.6. The van der Waals surface area contributed by atoms with Crippen molar-refractivity contribution in [3.8, 4) is 0 Å². The van der Waals surface area contributed by atoms with Crippen molar-refractivity contribution < 1.29 is 31.1 Å². The van der Waals surface area contributed by atoms with Crippen LogP contribution in [0.3, 0.4) is 0 Å². The second-order valence-corrected chi connectivity index (χ2v) is 4.96. The fourth-order valence-corrected chi connectivity index (χ4v) is 2.11. The molecule has 8 heteroatoms. The molecule has 1 aromatic rings. The maximum absolute atomic E-state index is 12.6. The highest BCUT2D eigenvalue weighted by atomic mass is 19.4. The number of carbonyl (C=O) groups is 1. The van der Waals surface area contributed by atoms with Crippen LogP contribution in [0.15, 0.2) is 24.3 Å². The van der Waals surface area contributed by atoms with E-state index in [4.69, 9.17) is 0 Å². The topological polar surface area (TPSA) is 29.1 Å². The van der Waals surface area contributed by atoms with E-state index in [1.54, 1.807) is 5.32 Å². The molecule has 1 fully saturated rings. The first-order valence-corrected chi connectivity index (χ1v) is 6.07. The van der Waals surface area contributed by atoms with E-state index in [-0.39, 0.29) is 18.4 Å². The van der Waals surface area contributed by atoms with Gasteiger partial charge in [-0.25, -0.2) is 0 Å². The van der Waals surface area contributed by atoms with Crippen molar-refractivity contribution in [1.82, 2.24) is 5.32 Å². The molecule has 1 aliphatic carbocycles. The maximum Gasteiger partial charge on any atom is 0.416 e. The average Bonchev–Trinajstić information content (AvgIpc) is 3.16. The summed E-state index contributed by atoms with van der Waals surface area (Å²) in [5.74, 6) is -0.890. The minimum Gasteiger partial charge on any atom is -0.346 e. The summed E-state index contributed by atoms with van der Waals surface area (Å²) in [6.45, 7) is -1.49. The van der Waals surface area contributed by atoms with Crippen molar-refractivity contribution in [3.63, 3.8) is 0 Å². The summed E-state index contributed by atoms with van der Waals surface area (Å²) < 4.78 is 74.1. The van der Waals surface area contributed by atoms with Crippen LogP contribution in [0.4, 0.5) is 26.3 Å². The normalized spacial score (nSPS) is 17.4. The van der Waals surface area contributed by atoms with Crippen LogP contribution in [-0.4, -0.2) is 18.6 Å². The second-order valence-electron chi connectivity index (χ2n) is 4.96. The Labute approximate surface area is 116 Å². The molecule has 0 bridgehead atoms. The molecule has 0 saturated heterocycles. The first kappa shape index (κ1) is 15.7. The number of rotatable bonds is 3. The van der Waals surface area contributed by atoms with Gasteiger partial charge in [0, 0.05) is 0 Å². The number of benzene rings is 1. The third kappa shape index (κ3) is 3.48. The fourth-order valence-electron chi connectivity index (χ4n) is 2.11. The van der Waals surface area contributed by atoms with Gasteiger partial charge in [-0.2, -0.15) is 26.3 Å². The summed E-state index contributed by atoms with van der Waals surface area (Å²) in [5.41, 5.74) is -2.10. The van der Waals surface area contributed by atoms with E-state index >= 15 is 0 Å². The van der Waals surface area contributed by atoms with Crippen LogP contribution in [0, 0.1) is 0 Å². The lowest BCUT2D eigenvalue weighted by Gasteiger charge is -2.18. The van der Waals surface area contributed by atoms with Crippen LogP contribution >= 0.6 is 0 Å². The number of hydrogen-bond acceptors (Lipinski definition) is 1. The SMILES string of the molecule is O=C(NCC(F)(F)F)C1(c2cccc(C(F)(F)F)c2)CC1. The Kier molecular flexibility index (Phi) is 3.67. The van der Waals surface area contributed by atoms with E-state index in [1.807, 2.05) is 0 Å². The molecule has 1 saturated carbocycles. The molecule has 0 heterocycles. The minimum absolute atomic E-state index is 0.0944. The van der Waals surface area contributed by atoms with Crippen molar-refractivity contribution in [2.24, 2.45) is 0 Å². The number of alkyl halides is 6. The van der Waals surface area contributed by atoms with Gasteiger partial charge in [-0.1, -0.05) is 18.2 Å². The van der Waals surface area contributed by atoms with Gasteiger partial charge in [-0.3, -0.25) is 4.79 Å². The fraction of sp³-hybridized carbons (Fsp3) is 0.462. The van der Waals surface area contributed by atoms with Crippen LogP contribution < -0.4 is 5.32 Å². The van der Waals surface area contributed by atoms with Crippen molar-refractivity contribution in [3.05, 3.63) is 35.4 Å². The van der Waals surface area contributed by atoms with E-state index in [0.717, 1.165) is 18.2 Å². The Morgan fingerprint density at radius 2 is 1.76 bits per heavy atom. The van der Waals surface area contributed by atoms with Crippen LogP contribution in [-0.2, 0) is 16.4 Å². The largest absolute Gasteiger partial charge is 0.416 e. The summed E-state index contributed by atoms with van der Waals surface area (Å²) >= 11 is 0. The van der Waals surface area contributed by atoms with Crippen molar-refractivity contribution >= 4 is 5.91 Å². The molecule has 0 aromatic heterocycles. The van der Waals surface area contributed by atoms with Crippen molar-refractivity contribution in [1.29, 1.82) is 0 Å². The van der Waals surface area contributed by atoms with Gasteiger partial charge in [0.15, 0.2) is 0 Å². The first-order valence-electron chi connectivity index (χ1n) is 6.07. The number of halogens is 6. The van der Waals surface area contributed by atoms with Gasteiger partial charge in [-0.15, -0.1) is 0 Å². The van der Waals surface area contributed by atoms with Crippen LogP contribution in [0.2, 0.25) is 0 Å². The predicted octanol–water partition coefficient (Wildman–Crippen LogP) is 3.42. The minimum atomic E-state index is -4.56. The Bertz CT molecular complexity index is 544. The van der Waals surface area contributed by atoms with E-state index < -0.39 is 35.8 Å². The molecule has 0 atom stereocenters. The molecule has 2 rings (SSSR count). The molecule has 1 aromatic carbocycles. The molecule has 0 spiro atoms. The first-order chi connectivity index (χ1) is 9.55. The molecule has 1 aliphatic rings. The molecule has 0 unspecified atom stereocenters. The lowest BCUT2D eigenvalue weighted by molar-refractivity contribution is -0.140. The quantitative estimate of drug-likeness (QED) is 0.852. The summed E-state index contributed by atoms with van der Waals surface area (Å²) in [5, 5.41) is 1.74. The lowest BCUT2D eigenvalue weighted by Crippen LogP contribution is -2.40. The third-order valence-electron chi connectivity index (χ3n) is 3.38. The van der Waals surface area contributed by atoms with Crippen LogP contribution in [0.25, 0.3) is 0 Å². The number of hydrogen-bond donors (Lipinski definition) is 1. The number of amides is 1. The Hall–Kier alpha value is -1.73. The van der Waals surface area contributed by atoms with E-state index in [1.165, 1.54) is 6.07 Å². The van der Waals surface area contributed by atoms with Gasteiger partial charge in [0.2, 0.25) is 5.91 Å². The Morgan fingerprint density at radius 3 is 2.24 bits per heavy atom. The predicted molar refractivity (Wildman–Crippen MR) is 61.4 cm³/mol. The molecule has 2 nitrogen and oxygen atoms in total. The van der Waals surface area contributed by atoms with Gasteiger partial charge in [0.05, 0.1) is 11.0 Å². The van der Waals surface area contributed by atoms with E-state index in [9.17, 15) is 31.1 Å². The van der Waals surface area contributed by atoms with E-state index in [2.05, 4.69) is 0 Å². The highest BCUT2D eigenvalue weighted by molar-refractivity contribution is 5.91. The molecule has 1 amide bonds. The summed E-state index contributed by atoms with van der Waals surface area (Å²) in [4.78, 5) is 11.8. The van der Waals surface area contributed by atoms with Gasteiger partial charge in [-0.05, 0) is 24.5 Å². The number of carbonyl (C=O) groups excluding carboxylic acids is 1. The molecule has 21 heavy (non-hydrogen) atoms. The number of nitrogens with one attached hydrogen (secondary N) is 1. The van der Waals surface area contributed by atoms with Gasteiger partial charge in [0.1, 0.15) is 6.54 Å². The summed E-state index contributed by atoms with van der Waals surface area (Å²) in [7, 11) is 0. The Morgan fingerprint density at radius 1 is 1.14 bits per heavy atom. The standard InChI is InChI=1S/C13H11F6NO/c14-12(15,16)7-20-10(21)11(4-5-11)8-2-1-3-9(6-8)13(17,18)19/h1-3,6H,4-5,7H2,(H,20,21). The monoisotopic (exact) mass is 311 g/mol. The zero-order valence-electron chi connectivity index (χ0n) is 10.6. The summed E-state index contributed by atoms with van der Waals surface area (Å²) in [6.07, 6.45) is -8.65. The molecule has 116 valence electrons. The van der Waals surface area contributed by atoms with Crippen LogP contribution in [0.1, 0.15) is 24.0 Å². The maximum atomic E-state index is 12.6. The van der Waals surface area contributed by atoms with Gasteiger partial charge in [0.25, 0.3) is 0 Å². The zero-order chi connectivity index (χ0) is 15.9. The highest BCUT2D eigenvalue weighted by Crippen LogP contribution is 2.49. The van der Waals surface area contributed by atoms with Crippen LogP contribution in [0.5, 0.6) is 0 Å². The molecule has 0 radical (unpaired) electrons. The van der Waals surface area contributed by atoms with Gasteiger partial charge < -0.3 is 5.32 Å². The van der Waals surface area contributed by atoms with Crippen molar-refractivity contribution in [2.45, 2.75) is 30.6 Å². The molecule has 1 N–H and O–H groups in total. The second kappa shape index (κ2) is 4.92. The highest BCUT2D eigenvalue weighted by Gasteiger charge is 2.52.